The summed E-state index contributed by atoms with van der Waals surface area (Å²) in [6.07, 6.45) is 1.13. The van der Waals surface area contributed by atoms with Gasteiger partial charge in [0.25, 0.3) is 0 Å². The lowest BCUT2D eigenvalue weighted by Crippen LogP contribution is -2.23. The summed E-state index contributed by atoms with van der Waals surface area (Å²) in [4.78, 5) is 5.73. The number of aromatic nitrogens is 1. The monoisotopic (exact) mass is 296 g/mol. The summed E-state index contributed by atoms with van der Waals surface area (Å²) in [6, 6.07) is 15.5. The predicted molar refractivity (Wildman–Crippen MR) is 90.9 cm³/mol. The van der Waals surface area contributed by atoms with Crippen molar-refractivity contribution in [3.05, 3.63) is 64.1 Å². The van der Waals surface area contributed by atoms with E-state index in [1.165, 1.54) is 21.2 Å². The number of benzene rings is 2. The smallest absolute Gasteiger partial charge is 0.0798 e. The molecule has 0 bridgehead atoms. The number of nitrogens with zero attached hydrogens (tertiary/aromatic N) is 1. The maximum atomic E-state index is 4.41. The van der Waals surface area contributed by atoms with E-state index in [4.69, 9.17) is 0 Å². The molecule has 0 saturated heterocycles. The Hall–Kier alpha value is -1.71. The van der Waals surface area contributed by atoms with Crippen molar-refractivity contribution in [3.63, 3.8) is 0 Å². The number of nitrogens with one attached hydrogen (secondary N) is 1. The van der Waals surface area contributed by atoms with Crippen molar-refractivity contribution >= 4 is 22.1 Å². The minimum atomic E-state index is 0.238. The molecule has 108 valence electrons. The van der Waals surface area contributed by atoms with Gasteiger partial charge in [0.15, 0.2) is 0 Å². The van der Waals surface area contributed by atoms with Crippen LogP contribution in [0.5, 0.6) is 0 Å². The van der Waals surface area contributed by atoms with Crippen LogP contribution in [-0.2, 0) is 0 Å². The highest BCUT2D eigenvalue weighted by molar-refractivity contribution is 7.09. The average molecular weight is 296 g/mol. The molecule has 0 aliphatic heterocycles. The quantitative estimate of drug-likeness (QED) is 0.738. The van der Waals surface area contributed by atoms with Crippen LogP contribution < -0.4 is 5.32 Å². The molecule has 2 nitrogen and oxygen atoms in total. The van der Waals surface area contributed by atoms with Crippen LogP contribution in [0.4, 0.5) is 0 Å². The number of rotatable bonds is 5. The van der Waals surface area contributed by atoms with Crippen molar-refractivity contribution in [2.75, 3.05) is 6.54 Å². The van der Waals surface area contributed by atoms with Gasteiger partial charge in [0.05, 0.1) is 17.2 Å². The minimum absolute atomic E-state index is 0.238. The Kier molecular flexibility index (Phi) is 4.32. The van der Waals surface area contributed by atoms with Crippen molar-refractivity contribution in [3.8, 4) is 0 Å². The summed E-state index contributed by atoms with van der Waals surface area (Å²) in [5, 5.41) is 6.24. The molecule has 1 atom stereocenters. The van der Waals surface area contributed by atoms with Crippen molar-refractivity contribution in [2.24, 2.45) is 0 Å². The van der Waals surface area contributed by atoms with Crippen LogP contribution in [0.25, 0.3) is 10.8 Å². The highest BCUT2D eigenvalue weighted by Gasteiger charge is 2.17. The largest absolute Gasteiger partial charge is 0.306 e. The van der Waals surface area contributed by atoms with Gasteiger partial charge in [-0.25, -0.2) is 4.98 Å². The molecule has 3 heteroatoms. The van der Waals surface area contributed by atoms with E-state index in [2.05, 4.69) is 66.6 Å². The molecule has 1 unspecified atom stereocenters. The molecule has 0 aliphatic rings. The molecule has 1 heterocycles. The Balaban J connectivity index is 2.03. The van der Waals surface area contributed by atoms with Gasteiger partial charge in [-0.1, -0.05) is 43.3 Å². The third-order valence-corrected chi connectivity index (χ3v) is 4.75. The maximum absolute atomic E-state index is 4.41. The SMILES string of the molecule is CCCNC(c1ccc2ccccc2c1)c1scnc1C. The molecule has 21 heavy (non-hydrogen) atoms. The average Bonchev–Trinajstić information content (AvgIpc) is 2.94. The molecule has 0 amide bonds. The number of hydrogen-bond acceptors (Lipinski definition) is 3. The first kappa shape index (κ1) is 14.2. The lowest BCUT2D eigenvalue weighted by molar-refractivity contribution is 0.603. The Labute approximate surface area is 129 Å². The van der Waals surface area contributed by atoms with Gasteiger partial charge in [-0.2, -0.15) is 0 Å². The maximum Gasteiger partial charge on any atom is 0.0798 e. The van der Waals surface area contributed by atoms with Crippen molar-refractivity contribution < 1.29 is 0 Å². The highest BCUT2D eigenvalue weighted by Crippen LogP contribution is 2.30. The number of hydrogen-bond donors (Lipinski definition) is 1. The van der Waals surface area contributed by atoms with Crippen molar-refractivity contribution in [1.82, 2.24) is 10.3 Å². The fourth-order valence-corrected chi connectivity index (χ4v) is 3.53. The highest BCUT2D eigenvalue weighted by atomic mass is 32.1. The zero-order chi connectivity index (χ0) is 14.7. The molecule has 1 N–H and O–H groups in total. The van der Waals surface area contributed by atoms with Crippen LogP contribution in [-0.4, -0.2) is 11.5 Å². The predicted octanol–water partition coefficient (Wildman–Crippen LogP) is 4.69. The topological polar surface area (TPSA) is 24.9 Å². The third-order valence-electron chi connectivity index (χ3n) is 3.75. The van der Waals surface area contributed by atoms with Crippen LogP contribution >= 0.6 is 11.3 Å². The van der Waals surface area contributed by atoms with E-state index in [1.54, 1.807) is 11.3 Å². The first-order valence-corrected chi connectivity index (χ1v) is 8.29. The Morgan fingerprint density at radius 2 is 1.95 bits per heavy atom. The zero-order valence-corrected chi connectivity index (χ0v) is 13.3. The zero-order valence-electron chi connectivity index (χ0n) is 12.5. The molecule has 0 radical (unpaired) electrons. The van der Waals surface area contributed by atoms with Gasteiger partial charge in [-0.05, 0) is 42.3 Å². The molecule has 3 aromatic rings. The van der Waals surface area contributed by atoms with Gasteiger partial charge in [-0.15, -0.1) is 11.3 Å². The number of thiazole rings is 1. The summed E-state index contributed by atoms with van der Waals surface area (Å²) < 4.78 is 0. The van der Waals surface area contributed by atoms with E-state index in [9.17, 15) is 0 Å². The van der Waals surface area contributed by atoms with Gasteiger partial charge in [0.2, 0.25) is 0 Å². The van der Waals surface area contributed by atoms with E-state index in [-0.39, 0.29) is 6.04 Å². The van der Waals surface area contributed by atoms with Crippen LogP contribution in [0.1, 0.15) is 35.5 Å². The summed E-state index contributed by atoms with van der Waals surface area (Å²) in [6.45, 7) is 5.30. The van der Waals surface area contributed by atoms with E-state index in [0.717, 1.165) is 18.7 Å². The fourth-order valence-electron chi connectivity index (χ4n) is 2.63. The molecule has 1 aromatic heterocycles. The second-order valence-corrected chi connectivity index (χ2v) is 6.18. The minimum Gasteiger partial charge on any atom is -0.306 e. The van der Waals surface area contributed by atoms with Gasteiger partial charge < -0.3 is 5.32 Å². The summed E-state index contributed by atoms with van der Waals surface area (Å²) in [5.74, 6) is 0. The first-order chi connectivity index (χ1) is 10.3. The van der Waals surface area contributed by atoms with Gasteiger partial charge in [-0.3, -0.25) is 0 Å². The summed E-state index contributed by atoms with van der Waals surface area (Å²) >= 11 is 1.73. The van der Waals surface area contributed by atoms with Crippen LogP contribution in [0.3, 0.4) is 0 Å². The number of fused-ring (bicyclic) bond motifs is 1. The van der Waals surface area contributed by atoms with Crippen LogP contribution in [0.15, 0.2) is 48.0 Å². The molecule has 0 aliphatic carbocycles. The Morgan fingerprint density at radius 3 is 2.67 bits per heavy atom. The third kappa shape index (κ3) is 2.99. The Bertz CT molecular complexity index is 733. The molecule has 3 rings (SSSR count). The molecule has 0 spiro atoms. The molecular weight excluding hydrogens is 276 g/mol. The van der Waals surface area contributed by atoms with Crippen LogP contribution in [0, 0.1) is 6.92 Å². The van der Waals surface area contributed by atoms with E-state index in [1.807, 2.05) is 5.51 Å². The van der Waals surface area contributed by atoms with Gasteiger partial charge in [0, 0.05) is 4.88 Å². The van der Waals surface area contributed by atoms with E-state index >= 15 is 0 Å². The summed E-state index contributed by atoms with van der Waals surface area (Å²) in [5.41, 5.74) is 4.38. The fraction of sp³-hybridized carbons (Fsp3) is 0.278. The standard InChI is InChI=1S/C18H20N2S/c1-3-10-19-17(18-13(2)20-12-21-18)16-9-8-14-6-4-5-7-15(14)11-16/h4-9,11-12,17,19H,3,10H2,1-2H3. The summed E-state index contributed by atoms with van der Waals surface area (Å²) in [7, 11) is 0. The molecular formula is C18H20N2S. The lowest BCUT2D eigenvalue weighted by atomic mass is 10.00. The van der Waals surface area contributed by atoms with E-state index < -0.39 is 0 Å². The first-order valence-electron chi connectivity index (χ1n) is 7.41. The second-order valence-electron chi connectivity index (χ2n) is 5.30. The van der Waals surface area contributed by atoms with Crippen LogP contribution in [0.2, 0.25) is 0 Å². The second kappa shape index (κ2) is 6.37. The number of aryl methyl sites for hydroxylation is 1. The molecule has 0 saturated carbocycles. The molecule has 2 aromatic carbocycles. The lowest BCUT2D eigenvalue weighted by Gasteiger charge is -2.19. The van der Waals surface area contributed by atoms with Gasteiger partial charge in [0.1, 0.15) is 0 Å². The normalized spacial score (nSPS) is 12.7. The van der Waals surface area contributed by atoms with Crippen molar-refractivity contribution in [1.29, 1.82) is 0 Å². The molecule has 0 fully saturated rings. The van der Waals surface area contributed by atoms with Gasteiger partial charge >= 0.3 is 0 Å². The van der Waals surface area contributed by atoms with E-state index in [0.29, 0.717) is 0 Å². The Morgan fingerprint density at radius 1 is 1.14 bits per heavy atom. The van der Waals surface area contributed by atoms with Crippen molar-refractivity contribution in [2.45, 2.75) is 26.3 Å².